The second kappa shape index (κ2) is 4.60. The molecular formula is C19H17Si. The predicted octanol–water partition coefficient (Wildman–Crippen LogP) is 4.89. The van der Waals surface area contributed by atoms with E-state index in [1.165, 1.54) is 22.3 Å². The van der Waals surface area contributed by atoms with Crippen molar-refractivity contribution in [1.29, 1.82) is 0 Å². The van der Waals surface area contributed by atoms with E-state index >= 15 is 0 Å². The molecule has 0 atom stereocenters. The topological polar surface area (TPSA) is 0 Å². The van der Waals surface area contributed by atoms with Crippen molar-refractivity contribution in [2.24, 2.45) is 0 Å². The Balaban J connectivity index is 1.87. The minimum Gasteiger partial charge on any atom is -0.0809 e. The van der Waals surface area contributed by atoms with Gasteiger partial charge in [-0.15, -0.1) is 0 Å². The van der Waals surface area contributed by atoms with Crippen LogP contribution < -0.4 is 0 Å². The van der Waals surface area contributed by atoms with Gasteiger partial charge in [0, 0.05) is 5.54 Å². The maximum Gasteiger partial charge on any atom is 0.0903 e. The van der Waals surface area contributed by atoms with Gasteiger partial charge in [-0.1, -0.05) is 78.5 Å². The van der Waals surface area contributed by atoms with Gasteiger partial charge in [0.2, 0.25) is 0 Å². The second-order valence-electron chi connectivity index (χ2n) is 5.61. The molecule has 0 aromatic heterocycles. The molecule has 1 heteroatoms. The number of hydrogen-bond donors (Lipinski definition) is 0. The van der Waals surface area contributed by atoms with E-state index in [1.807, 2.05) is 0 Å². The van der Waals surface area contributed by atoms with Gasteiger partial charge in [-0.2, -0.15) is 0 Å². The first-order valence-corrected chi connectivity index (χ1v) is 9.32. The molecule has 20 heavy (non-hydrogen) atoms. The highest BCUT2D eigenvalue weighted by Gasteiger charge is 2.34. The van der Waals surface area contributed by atoms with Crippen LogP contribution in [0.25, 0.3) is 11.1 Å². The average Bonchev–Trinajstić information content (AvgIpc) is 3.13. The van der Waals surface area contributed by atoms with Crippen LogP contribution in [0.1, 0.15) is 23.1 Å². The minimum atomic E-state index is -0.570. The number of hydrogen-bond acceptors (Lipinski definition) is 0. The summed E-state index contributed by atoms with van der Waals surface area (Å²) >= 11 is 0. The molecule has 97 valence electrons. The van der Waals surface area contributed by atoms with Gasteiger partial charge >= 0.3 is 0 Å². The molecule has 4 rings (SSSR count). The molecule has 0 amide bonds. The Hall–Kier alpha value is -1.86. The van der Waals surface area contributed by atoms with Gasteiger partial charge < -0.3 is 0 Å². The molecule has 1 radical (unpaired) electrons. The molecular weight excluding hydrogens is 256 g/mol. The normalized spacial score (nSPS) is 16.4. The van der Waals surface area contributed by atoms with Crippen molar-refractivity contribution < 1.29 is 0 Å². The zero-order valence-corrected chi connectivity index (χ0v) is 12.6. The molecule has 0 saturated carbocycles. The quantitative estimate of drug-likeness (QED) is 0.684. The van der Waals surface area contributed by atoms with Crippen LogP contribution in [-0.4, -0.2) is 8.80 Å². The summed E-state index contributed by atoms with van der Waals surface area (Å²) < 4.78 is 0. The Morgan fingerprint density at radius 2 is 1.50 bits per heavy atom. The molecule has 0 nitrogen and oxygen atoms in total. The van der Waals surface area contributed by atoms with E-state index < -0.39 is 8.80 Å². The molecule has 0 aliphatic heterocycles. The summed E-state index contributed by atoms with van der Waals surface area (Å²) in [5, 5.41) is 1.66. The SMILES string of the molecule is C[Si](C1=CC=CC1)C1c2ccccc2-c2ccccc21. The summed E-state index contributed by atoms with van der Waals surface area (Å²) in [6.07, 6.45) is 8.01. The number of fused-ring (bicyclic) bond motifs is 3. The van der Waals surface area contributed by atoms with Crippen LogP contribution in [0.15, 0.2) is 72.0 Å². The first-order chi connectivity index (χ1) is 9.86. The first kappa shape index (κ1) is 11.9. The molecule has 2 aromatic carbocycles. The van der Waals surface area contributed by atoms with E-state index in [0.717, 1.165) is 6.42 Å². The summed E-state index contributed by atoms with van der Waals surface area (Å²) in [6.45, 7) is 2.48. The van der Waals surface area contributed by atoms with Crippen LogP contribution in [-0.2, 0) is 0 Å². The van der Waals surface area contributed by atoms with E-state index in [1.54, 1.807) is 5.20 Å². The smallest absolute Gasteiger partial charge is 0.0809 e. The third-order valence-electron chi connectivity index (χ3n) is 4.54. The maximum atomic E-state index is 2.48. The highest BCUT2D eigenvalue weighted by Crippen LogP contribution is 2.47. The van der Waals surface area contributed by atoms with E-state index in [-0.39, 0.29) is 0 Å². The first-order valence-electron chi connectivity index (χ1n) is 7.24. The Bertz CT molecular complexity index is 679. The summed E-state index contributed by atoms with van der Waals surface area (Å²) in [5.74, 6) is 0. The lowest BCUT2D eigenvalue weighted by Gasteiger charge is -2.21. The fourth-order valence-electron chi connectivity index (χ4n) is 3.55. The molecule has 0 unspecified atom stereocenters. The third-order valence-corrected chi connectivity index (χ3v) is 7.42. The largest absolute Gasteiger partial charge is 0.0903 e. The van der Waals surface area contributed by atoms with Crippen LogP contribution in [0.2, 0.25) is 6.55 Å². The van der Waals surface area contributed by atoms with Crippen LogP contribution >= 0.6 is 0 Å². The summed E-state index contributed by atoms with van der Waals surface area (Å²) in [4.78, 5) is 0. The number of allylic oxidation sites excluding steroid dienone is 4. The predicted molar refractivity (Wildman–Crippen MR) is 87.2 cm³/mol. The Labute approximate surface area is 122 Å². The van der Waals surface area contributed by atoms with Crippen LogP contribution in [0.4, 0.5) is 0 Å². The van der Waals surface area contributed by atoms with E-state index in [4.69, 9.17) is 0 Å². The Kier molecular flexibility index (Phi) is 2.74. The second-order valence-corrected chi connectivity index (χ2v) is 8.20. The van der Waals surface area contributed by atoms with Gasteiger partial charge in [0.25, 0.3) is 0 Å². The van der Waals surface area contributed by atoms with E-state index in [2.05, 4.69) is 73.3 Å². The van der Waals surface area contributed by atoms with Crippen molar-refractivity contribution in [2.75, 3.05) is 0 Å². The Morgan fingerprint density at radius 1 is 0.900 bits per heavy atom. The van der Waals surface area contributed by atoms with Gasteiger partial charge in [0.15, 0.2) is 0 Å². The molecule has 0 spiro atoms. The summed E-state index contributed by atoms with van der Waals surface area (Å²) in [5.41, 5.74) is 6.59. The lowest BCUT2D eigenvalue weighted by molar-refractivity contribution is 1.14. The van der Waals surface area contributed by atoms with Crippen LogP contribution in [0.5, 0.6) is 0 Å². The Morgan fingerprint density at radius 3 is 2.05 bits per heavy atom. The maximum absolute atomic E-state index is 2.48. The van der Waals surface area contributed by atoms with Gasteiger partial charge in [-0.25, -0.2) is 0 Å². The zero-order valence-electron chi connectivity index (χ0n) is 11.6. The molecule has 0 saturated heterocycles. The summed E-state index contributed by atoms with van der Waals surface area (Å²) in [7, 11) is -0.570. The van der Waals surface area contributed by atoms with Crippen molar-refractivity contribution in [3.8, 4) is 11.1 Å². The fraction of sp³-hybridized carbons (Fsp3) is 0.158. The number of benzene rings is 2. The molecule has 2 aliphatic rings. The molecule has 0 fully saturated rings. The zero-order chi connectivity index (χ0) is 13.5. The van der Waals surface area contributed by atoms with Gasteiger partial charge in [0.1, 0.15) is 0 Å². The number of rotatable bonds is 2. The van der Waals surface area contributed by atoms with E-state index in [0.29, 0.717) is 5.54 Å². The lowest BCUT2D eigenvalue weighted by Crippen LogP contribution is -2.22. The van der Waals surface area contributed by atoms with Gasteiger partial charge in [0.05, 0.1) is 8.80 Å². The highest BCUT2D eigenvalue weighted by molar-refractivity contribution is 6.68. The van der Waals surface area contributed by atoms with E-state index in [9.17, 15) is 0 Å². The average molecular weight is 273 g/mol. The van der Waals surface area contributed by atoms with Crippen LogP contribution in [0.3, 0.4) is 0 Å². The van der Waals surface area contributed by atoms with Crippen molar-refractivity contribution in [3.05, 3.63) is 83.1 Å². The van der Waals surface area contributed by atoms with Crippen molar-refractivity contribution >= 4 is 8.80 Å². The molecule has 0 bridgehead atoms. The monoisotopic (exact) mass is 273 g/mol. The lowest BCUT2D eigenvalue weighted by atomic mass is 10.1. The van der Waals surface area contributed by atoms with Gasteiger partial charge in [-0.05, 0) is 28.7 Å². The standard InChI is InChI=1S/C19H17Si/c1-20(14-8-2-3-9-14)19-17-12-6-4-10-15(17)16-11-5-7-13-18(16)19/h2-8,10-13,19H,9H2,1H3. The van der Waals surface area contributed by atoms with Crippen molar-refractivity contribution in [2.45, 2.75) is 18.5 Å². The molecule has 2 aliphatic carbocycles. The van der Waals surface area contributed by atoms with Crippen molar-refractivity contribution in [1.82, 2.24) is 0 Å². The van der Waals surface area contributed by atoms with Gasteiger partial charge in [-0.3, -0.25) is 0 Å². The van der Waals surface area contributed by atoms with Crippen LogP contribution in [0, 0.1) is 0 Å². The fourth-order valence-corrected chi connectivity index (χ4v) is 6.15. The van der Waals surface area contributed by atoms with Crippen molar-refractivity contribution in [3.63, 3.8) is 0 Å². The third kappa shape index (κ3) is 1.66. The highest BCUT2D eigenvalue weighted by atomic mass is 28.3. The molecule has 0 heterocycles. The summed E-state index contributed by atoms with van der Waals surface area (Å²) in [6, 6.07) is 17.9. The minimum absolute atomic E-state index is 0.570. The molecule has 0 N–H and O–H groups in total. The molecule has 2 aromatic rings.